The largest absolute Gasteiger partial charge is 0.492 e. The van der Waals surface area contributed by atoms with Gasteiger partial charge in [-0.3, -0.25) is 4.90 Å². The number of likely N-dealkylation sites (N-methyl/N-ethyl adjacent to an activating group) is 1. The molecule has 0 radical (unpaired) electrons. The molecule has 1 saturated heterocycles. The highest BCUT2D eigenvalue weighted by Crippen LogP contribution is 2.17. The van der Waals surface area contributed by atoms with Crippen molar-refractivity contribution in [3.63, 3.8) is 0 Å². The van der Waals surface area contributed by atoms with Crippen LogP contribution in [0.4, 0.5) is 0 Å². The highest BCUT2D eigenvalue weighted by molar-refractivity contribution is 5.33. The lowest BCUT2D eigenvalue weighted by molar-refractivity contribution is 0.0857. The lowest BCUT2D eigenvalue weighted by Crippen LogP contribution is -2.51. The van der Waals surface area contributed by atoms with Gasteiger partial charge in [0.2, 0.25) is 0 Å². The fourth-order valence-corrected chi connectivity index (χ4v) is 2.76. The van der Waals surface area contributed by atoms with Crippen molar-refractivity contribution < 1.29 is 4.74 Å². The molecule has 1 aliphatic rings. The second-order valence-corrected chi connectivity index (χ2v) is 5.63. The minimum Gasteiger partial charge on any atom is -0.492 e. The summed E-state index contributed by atoms with van der Waals surface area (Å²) >= 11 is 0. The van der Waals surface area contributed by atoms with Crippen molar-refractivity contribution in [2.75, 3.05) is 46.9 Å². The number of nitrogens with zero attached hydrogens (tertiary/aromatic N) is 2. The molecule has 4 nitrogen and oxygen atoms in total. The second-order valence-electron chi connectivity index (χ2n) is 5.63. The summed E-state index contributed by atoms with van der Waals surface area (Å²) in [7, 11) is 4.15. The third-order valence-corrected chi connectivity index (χ3v) is 3.94. The number of ether oxygens (including phenoxy) is 1. The smallest absolute Gasteiger partial charge is 0.123 e. The number of rotatable bonds is 6. The van der Waals surface area contributed by atoms with Gasteiger partial charge in [-0.25, -0.2) is 0 Å². The molecule has 1 heterocycles. The second kappa shape index (κ2) is 7.62. The van der Waals surface area contributed by atoms with Gasteiger partial charge >= 0.3 is 0 Å². The highest BCUT2D eigenvalue weighted by Gasteiger charge is 2.20. The van der Waals surface area contributed by atoms with Crippen LogP contribution in [0.25, 0.3) is 0 Å². The molecule has 0 bridgehead atoms. The molecule has 1 aromatic rings. The summed E-state index contributed by atoms with van der Waals surface area (Å²) in [6.07, 6.45) is 0. The number of nitrogens with one attached hydrogen (secondary N) is 1. The minimum absolute atomic E-state index is 0.616. The molecule has 0 saturated carbocycles. The Balaban J connectivity index is 1.81. The molecule has 4 heteroatoms. The van der Waals surface area contributed by atoms with Crippen molar-refractivity contribution in [1.82, 2.24) is 15.1 Å². The first kappa shape index (κ1) is 15.3. The Morgan fingerprint density at radius 1 is 1.30 bits per heavy atom. The minimum atomic E-state index is 0.616. The van der Waals surface area contributed by atoms with Gasteiger partial charge in [0.1, 0.15) is 12.4 Å². The van der Waals surface area contributed by atoms with E-state index in [0.29, 0.717) is 6.04 Å². The molecule has 0 aromatic heterocycles. The van der Waals surface area contributed by atoms with Gasteiger partial charge in [0.05, 0.1) is 0 Å². The van der Waals surface area contributed by atoms with Gasteiger partial charge < -0.3 is 15.0 Å². The zero-order valence-corrected chi connectivity index (χ0v) is 12.9. The van der Waals surface area contributed by atoms with Crippen molar-refractivity contribution in [1.29, 1.82) is 0 Å². The number of para-hydroxylation sites is 1. The maximum Gasteiger partial charge on any atom is 0.123 e. The van der Waals surface area contributed by atoms with Crippen molar-refractivity contribution in [2.24, 2.45) is 0 Å². The maximum absolute atomic E-state index is 5.97. The number of hydrogen-bond acceptors (Lipinski definition) is 4. The summed E-state index contributed by atoms with van der Waals surface area (Å²) in [5.41, 5.74) is 1.22. The van der Waals surface area contributed by atoms with E-state index in [0.717, 1.165) is 45.1 Å². The van der Waals surface area contributed by atoms with Gasteiger partial charge in [0.25, 0.3) is 0 Å². The molecule has 1 atom stereocenters. The van der Waals surface area contributed by atoms with E-state index in [-0.39, 0.29) is 0 Å². The summed E-state index contributed by atoms with van der Waals surface area (Å²) in [6, 6.07) is 8.88. The molecule has 1 fully saturated rings. The van der Waals surface area contributed by atoms with E-state index in [4.69, 9.17) is 4.74 Å². The van der Waals surface area contributed by atoms with Gasteiger partial charge in [0.15, 0.2) is 0 Å². The third kappa shape index (κ3) is 4.20. The molecule has 1 N–H and O–H groups in total. The Morgan fingerprint density at radius 2 is 2.10 bits per heavy atom. The standard InChI is InChI=1S/C16H27N3O/c1-14-13-18(3)8-9-19(14)10-11-20-16-7-5-4-6-15(16)12-17-2/h4-7,14,17H,8-13H2,1-3H3. The van der Waals surface area contributed by atoms with Crippen molar-refractivity contribution in [2.45, 2.75) is 19.5 Å². The SMILES string of the molecule is CNCc1ccccc1OCCN1CCN(C)CC1C. The van der Waals surface area contributed by atoms with Crippen molar-refractivity contribution in [3.8, 4) is 5.75 Å². The van der Waals surface area contributed by atoms with Crippen LogP contribution in [-0.2, 0) is 6.54 Å². The topological polar surface area (TPSA) is 27.7 Å². The molecule has 0 aliphatic carbocycles. The van der Waals surface area contributed by atoms with Crippen LogP contribution < -0.4 is 10.1 Å². The first-order valence-electron chi connectivity index (χ1n) is 7.48. The molecular formula is C16H27N3O. The van der Waals surface area contributed by atoms with E-state index in [1.165, 1.54) is 5.56 Å². The summed E-state index contributed by atoms with van der Waals surface area (Å²) in [5, 5.41) is 3.18. The van der Waals surface area contributed by atoms with Gasteiger partial charge in [-0.1, -0.05) is 18.2 Å². The molecule has 1 aromatic carbocycles. The Labute approximate surface area is 122 Å². The van der Waals surface area contributed by atoms with Gasteiger partial charge in [0, 0.05) is 44.3 Å². The van der Waals surface area contributed by atoms with Crippen LogP contribution in [-0.4, -0.2) is 62.7 Å². The van der Waals surface area contributed by atoms with Crippen LogP contribution in [0.5, 0.6) is 5.75 Å². The third-order valence-electron chi connectivity index (χ3n) is 3.94. The van der Waals surface area contributed by atoms with Crippen LogP contribution in [0.2, 0.25) is 0 Å². The Hall–Kier alpha value is -1.10. The van der Waals surface area contributed by atoms with Crippen LogP contribution >= 0.6 is 0 Å². The first-order valence-corrected chi connectivity index (χ1v) is 7.48. The van der Waals surface area contributed by atoms with Crippen LogP contribution in [0.1, 0.15) is 12.5 Å². The molecule has 112 valence electrons. The number of benzene rings is 1. The predicted octanol–water partition coefficient (Wildman–Crippen LogP) is 1.42. The van der Waals surface area contributed by atoms with E-state index in [1.54, 1.807) is 0 Å². The summed E-state index contributed by atoms with van der Waals surface area (Å²) < 4.78 is 5.97. The Morgan fingerprint density at radius 3 is 2.85 bits per heavy atom. The average molecular weight is 277 g/mol. The molecule has 0 spiro atoms. The normalized spacial score (nSPS) is 21.1. The summed E-state index contributed by atoms with van der Waals surface area (Å²) in [4.78, 5) is 4.91. The molecular weight excluding hydrogens is 250 g/mol. The molecule has 1 aliphatic heterocycles. The lowest BCUT2D eigenvalue weighted by atomic mass is 10.2. The van der Waals surface area contributed by atoms with E-state index in [1.807, 2.05) is 13.1 Å². The lowest BCUT2D eigenvalue weighted by Gasteiger charge is -2.38. The highest BCUT2D eigenvalue weighted by atomic mass is 16.5. The molecule has 20 heavy (non-hydrogen) atoms. The first-order chi connectivity index (χ1) is 9.70. The average Bonchev–Trinajstić information content (AvgIpc) is 2.43. The van der Waals surface area contributed by atoms with E-state index < -0.39 is 0 Å². The van der Waals surface area contributed by atoms with E-state index >= 15 is 0 Å². The quantitative estimate of drug-likeness (QED) is 0.851. The molecule has 0 amide bonds. The zero-order valence-electron chi connectivity index (χ0n) is 12.9. The van der Waals surface area contributed by atoms with Gasteiger partial charge in [-0.2, -0.15) is 0 Å². The molecule has 1 unspecified atom stereocenters. The van der Waals surface area contributed by atoms with Crippen LogP contribution in [0.3, 0.4) is 0 Å². The fourth-order valence-electron chi connectivity index (χ4n) is 2.76. The number of hydrogen-bond donors (Lipinski definition) is 1. The van der Waals surface area contributed by atoms with Gasteiger partial charge in [-0.15, -0.1) is 0 Å². The maximum atomic E-state index is 5.97. The number of piperazine rings is 1. The Bertz CT molecular complexity index is 410. The van der Waals surface area contributed by atoms with Gasteiger partial charge in [-0.05, 0) is 27.1 Å². The molecule has 2 rings (SSSR count). The summed E-state index contributed by atoms with van der Waals surface area (Å²) in [5.74, 6) is 1.00. The fraction of sp³-hybridized carbons (Fsp3) is 0.625. The Kier molecular flexibility index (Phi) is 5.83. The van der Waals surface area contributed by atoms with Crippen LogP contribution in [0.15, 0.2) is 24.3 Å². The monoisotopic (exact) mass is 277 g/mol. The van der Waals surface area contributed by atoms with E-state index in [2.05, 4.69) is 47.3 Å². The van der Waals surface area contributed by atoms with Crippen molar-refractivity contribution >= 4 is 0 Å². The zero-order chi connectivity index (χ0) is 14.4. The van der Waals surface area contributed by atoms with Crippen molar-refractivity contribution in [3.05, 3.63) is 29.8 Å². The van der Waals surface area contributed by atoms with Crippen LogP contribution in [0, 0.1) is 0 Å². The predicted molar refractivity (Wildman–Crippen MR) is 83.2 cm³/mol. The summed E-state index contributed by atoms with van der Waals surface area (Å²) in [6.45, 7) is 8.35. The van der Waals surface area contributed by atoms with E-state index in [9.17, 15) is 0 Å².